The van der Waals surface area contributed by atoms with Gasteiger partial charge in [-0.15, -0.1) is 0 Å². The van der Waals surface area contributed by atoms with E-state index < -0.39 is 0 Å². The van der Waals surface area contributed by atoms with E-state index in [1.165, 1.54) is 22.3 Å². The molecule has 1 unspecified atom stereocenters. The summed E-state index contributed by atoms with van der Waals surface area (Å²) in [6, 6.07) is 4.42. The highest BCUT2D eigenvalue weighted by atomic mass is 16.5. The minimum atomic E-state index is -0.0114. The van der Waals surface area contributed by atoms with Crippen molar-refractivity contribution in [3.8, 4) is 0 Å². The molecule has 0 aliphatic carbocycles. The Morgan fingerprint density at radius 3 is 2.29 bits per heavy atom. The van der Waals surface area contributed by atoms with Crippen LogP contribution in [0.4, 0.5) is 0 Å². The number of ether oxygens (including phenoxy) is 1. The van der Waals surface area contributed by atoms with Crippen LogP contribution >= 0.6 is 0 Å². The van der Waals surface area contributed by atoms with E-state index in [1.807, 2.05) is 0 Å². The first-order valence-electron chi connectivity index (χ1n) is 5.26. The lowest BCUT2D eigenvalue weighted by Gasteiger charge is -2.40. The first-order chi connectivity index (χ1) is 6.54. The molecule has 1 aromatic rings. The highest BCUT2D eigenvalue weighted by Crippen LogP contribution is 2.39. The Labute approximate surface area is 86.1 Å². The van der Waals surface area contributed by atoms with Crippen LogP contribution in [0.15, 0.2) is 12.1 Å². The predicted molar refractivity (Wildman–Crippen MR) is 58.6 cm³/mol. The zero-order valence-corrected chi connectivity index (χ0v) is 9.48. The second-order valence-electron chi connectivity index (χ2n) is 4.51. The van der Waals surface area contributed by atoms with Crippen LogP contribution in [0.5, 0.6) is 0 Å². The van der Waals surface area contributed by atoms with Gasteiger partial charge in [-0.05, 0) is 49.9 Å². The molecule has 0 amide bonds. The van der Waals surface area contributed by atoms with Gasteiger partial charge in [0.05, 0.1) is 12.2 Å². The summed E-state index contributed by atoms with van der Waals surface area (Å²) >= 11 is 0. The van der Waals surface area contributed by atoms with Crippen molar-refractivity contribution >= 4 is 0 Å². The number of hydrogen-bond donors (Lipinski definition) is 0. The molecule has 1 heterocycles. The summed E-state index contributed by atoms with van der Waals surface area (Å²) in [5.74, 6) is 0. The van der Waals surface area contributed by atoms with Crippen LogP contribution < -0.4 is 0 Å². The van der Waals surface area contributed by atoms with E-state index in [0.717, 1.165) is 13.0 Å². The fourth-order valence-electron chi connectivity index (χ4n) is 2.15. The molecule has 1 aliphatic heterocycles. The lowest BCUT2D eigenvalue weighted by molar-refractivity contribution is -0.141. The molecule has 1 saturated heterocycles. The van der Waals surface area contributed by atoms with Gasteiger partial charge < -0.3 is 4.74 Å². The summed E-state index contributed by atoms with van der Waals surface area (Å²) < 4.78 is 5.68. The van der Waals surface area contributed by atoms with E-state index in [2.05, 4.69) is 39.8 Å². The van der Waals surface area contributed by atoms with Crippen LogP contribution in [0.2, 0.25) is 0 Å². The molecule has 0 spiro atoms. The molecule has 1 fully saturated rings. The molecule has 0 bridgehead atoms. The smallest absolute Gasteiger partial charge is 0.0927 e. The molecule has 2 rings (SSSR count). The van der Waals surface area contributed by atoms with Crippen molar-refractivity contribution in [3.05, 3.63) is 34.4 Å². The fraction of sp³-hybridized carbons (Fsp3) is 0.538. The molecule has 0 N–H and O–H groups in total. The zero-order valence-electron chi connectivity index (χ0n) is 9.48. The Kier molecular flexibility index (Phi) is 2.15. The van der Waals surface area contributed by atoms with Crippen molar-refractivity contribution in [3.63, 3.8) is 0 Å². The average Bonchev–Trinajstić information content (AvgIpc) is 2.11. The molecular formula is C13H18O. The first kappa shape index (κ1) is 9.72. The van der Waals surface area contributed by atoms with Gasteiger partial charge in [0.25, 0.3) is 0 Å². The van der Waals surface area contributed by atoms with Crippen molar-refractivity contribution in [1.29, 1.82) is 0 Å². The van der Waals surface area contributed by atoms with E-state index in [-0.39, 0.29) is 5.60 Å². The Morgan fingerprint density at radius 1 is 1.14 bits per heavy atom. The Morgan fingerprint density at radius 2 is 1.79 bits per heavy atom. The highest BCUT2D eigenvalue weighted by Gasteiger charge is 2.36. The number of aryl methyl sites for hydroxylation is 1. The summed E-state index contributed by atoms with van der Waals surface area (Å²) in [5, 5.41) is 0. The summed E-state index contributed by atoms with van der Waals surface area (Å²) in [6.45, 7) is 9.65. The number of hydrogen-bond acceptors (Lipinski definition) is 1. The van der Waals surface area contributed by atoms with Crippen LogP contribution in [0.25, 0.3) is 0 Å². The van der Waals surface area contributed by atoms with Crippen LogP contribution in [0, 0.1) is 20.8 Å². The minimum Gasteiger partial charge on any atom is -0.370 e. The van der Waals surface area contributed by atoms with Gasteiger partial charge in [-0.3, -0.25) is 0 Å². The monoisotopic (exact) mass is 190 g/mol. The summed E-state index contributed by atoms with van der Waals surface area (Å²) in [6.07, 6.45) is 1.15. The summed E-state index contributed by atoms with van der Waals surface area (Å²) in [7, 11) is 0. The standard InChI is InChI=1S/C13H18O/c1-9-5-6-12(11(3)10(9)2)13(4)7-8-14-13/h5-6H,7-8H2,1-4H3. The molecule has 0 radical (unpaired) electrons. The van der Waals surface area contributed by atoms with E-state index >= 15 is 0 Å². The molecule has 0 saturated carbocycles. The molecule has 1 atom stereocenters. The quantitative estimate of drug-likeness (QED) is 0.660. The van der Waals surface area contributed by atoms with Gasteiger partial charge in [0.15, 0.2) is 0 Å². The van der Waals surface area contributed by atoms with E-state index in [1.54, 1.807) is 0 Å². The van der Waals surface area contributed by atoms with Gasteiger partial charge in [0.1, 0.15) is 0 Å². The molecule has 1 nitrogen and oxygen atoms in total. The molecule has 1 aliphatic rings. The van der Waals surface area contributed by atoms with Crippen molar-refractivity contribution in [1.82, 2.24) is 0 Å². The van der Waals surface area contributed by atoms with E-state index in [9.17, 15) is 0 Å². The number of benzene rings is 1. The third-order valence-electron chi connectivity index (χ3n) is 3.63. The van der Waals surface area contributed by atoms with Crippen molar-refractivity contribution < 1.29 is 4.74 Å². The van der Waals surface area contributed by atoms with E-state index in [4.69, 9.17) is 4.74 Å². The van der Waals surface area contributed by atoms with Gasteiger partial charge in [-0.1, -0.05) is 12.1 Å². The maximum atomic E-state index is 5.68. The lowest BCUT2D eigenvalue weighted by Crippen LogP contribution is -2.38. The van der Waals surface area contributed by atoms with Crippen molar-refractivity contribution in [2.24, 2.45) is 0 Å². The second-order valence-corrected chi connectivity index (χ2v) is 4.51. The Hall–Kier alpha value is -0.820. The Bertz CT molecular complexity index is 362. The fourth-order valence-corrected chi connectivity index (χ4v) is 2.15. The van der Waals surface area contributed by atoms with Gasteiger partial charge in [-0.2, -0.15) is 0 Å². The van der Waals surface area contributed by atoms with Crippen LogP contribution in [0.3, 0.4) is 0 Å². The highest BCUT2D eigenvalue weighted by molar-refractivity contribution is 5.42. The van der Waals surface area contributed by atoms with Gasteiger partial charge in [-0.25, -0.2) is 0 Å². The van der Waals surface area contributed by atoms with Gasteiger partial charge >= 0.3 is 0 Å². The van der Waals surface area contributed by atoms with Crippen molar-refractivity contribution in [2.45, 2.75) is 39.7 Å². The van der Waals surface area contributed by atoms with Crippen LogP contribution in [-0.4, -0.2) is 6.61 Å². The molecular weight excluding hydrogens is 172 g/mol. The molecule has 1 aromatic carbocycles. The second kappa shape index (κ2) is 3.09. The van der Waals surface area contributed by atoms with Gasteiger partial charge in [0.2, 0.25) is 0 Å². The molecule has 0 aromatic heterocycles. The topological polar surface area (TPSA) is 9.23 Å². The van der Waals surface area contributed by atoms with Crippen LogP contribution in [0.1, 0.15) is 35.6 Å². The average molecular weight is 190 g/mol. The van der Waals surface area contributed by atoms with Gasteiger partial charge in [0, 0.05) is 6.42 Å². The maximum Gasteiger partial charge on any atom is 0.0927 e. The normalized spacial score (nSPS) is 26.0. The molecule has 1 heteroatoms. The zero-order chi connectivity index (χ0) is 10.3. The molecule has 14 heavy (non-hydrogen) atoms. The SMILES string of the molecule is Cc1ccc(C2(C)CCO2)c(C)c1C. The van der Waals surface area contributed by atoms with Crippen LogP contribution in [-0.2, 0) is 10.3 Å². The summed E-state index contributed by atoms with van der Waals surface area (Å²) in [5.41, 5.74) is 5.52. The predicted octanol–water partition coefficient (Wildman–Crippen LogP) is 3.25. The third kappa shape index (κ3) is 1.27. The maximum absolute atomic E-state index is 5.68. The van der Waals surface area contributed by atoms with Crippen molar-refractivity contribution in [2.75, 3.05) is 6.61 Å². The number of rotatable bonds is 1. The first-order valence-corrected chi connectivity index (χ1v) is 5.26. The third-order valence-corrected chi connectivity index (χ3v) is 3.63. The Balaban J connectivity index is 2.49. The largest absolute Gasteiger partial charge is 0.370 e. The minimum absolute atomic E-state index is 0.0114. The van der Waals surface area contributed by atoms with E-state index in [0.29, 0.717) is 0 Å². The summed E-state index contributed by atoms with van der Waals surface area (Å²) in [4.78, 5) is 0. The molecule has 76 valence electrons. The lowest BCUT2D eigenvalue weighted by atomic mass is 9.83.